The van der Waals surface area contributed by atoms with Crippen molar-refractivity contribution in [2.45, 2.75) is 39.7 Å². The molecule has 0 radical (unpaired) electrons. The van der Waals surface area contributed by atoms with Gasteiger partial charge in [0.15, 0.2) is 0 Å². The zero-order chi connectivity index (χ0) is 14.6. The van der Waals surface area contributed by atoms with Crippen LogP contribution in [0, 0.1) is 6.92 Å². The normalized spacial score (nSPS) is 11.5. The minimum absolute atomic E-state index is 0.0219. The van der Waals surface area contributed by atoms with Gasteiger partial charge in [-0.05, 0) is 61.3 Å². The molecule has 1 amide bonds. The lowest BCUT2D eigenvalue weighted by atomic mass is 10.1. The second-order valence-corrected chi connectivity index (χ2v) is 6.82. The van der Waals surface area contributed by atoms with E-state index in [4.69, 9.17) is 11.6 Å². The average Bonchev–Trinajstić information content (AvgIpc) is 2.24. The molecule has 0 fully saturated rings. The lowest BCUT2D eigenvalue weighted by Crippen LogP contribution is -2.37. The molecular weight excluding hydrogens is 328 g/mol. The summed E-state index contributed by atoms with van der Waals surface area (Å²) in [7, 11) is 0. The van der Waals surface area contributed by atoms with E-state index in [0.29, 0.717) is 23.7 Å². The van der Waals surface area contributed by atoms with Gasteiger partial charge in [0.2, 0.25) is 5.91 Å². The Kier molecular flexibility index (Phi) is 5.83. The van der Waals surface area contributed by atoms with Gasteiger partial charge in [0.25, 0.3) is 0 Å². The Balaban J connectivity index is 2.56. The van der Waals surface area contributed by atoms with Crippen LogP contribution >= 0.6 is 27.5 Å². The van der Waals surface area contributed by atoms with E-state index in [1.165, 1.54) is 0 Å². The Morgan fingerprint density at radius 1 is 1.37 bits per heavy atom. The van der Waals surface area contributed by atoms with Crippen molar-refractivity contribution >= 4 is 39.1 Å². The average molecular weight is 348 g/mol. The zero-order valence-electron chi connectivity index (χ0n) is 11.7. The van der Waals surface area contributed by atoms with E-state index in [2.05, 4.69) is 47.3 Å². The molecule has 1 aromatic rings. The van der Waals surface area contributed by atoms with Crippen LogP contribution in [0.2, 0.25) is 5.02 Å². The van der Waals surface area contributed by atoms with Gasteiger partial charge in [-0.2, -0.15) is 0 Å². The van der Waals surface area contributed by atoms with Crippen molar-refractivity contribution in [3.63, 3.8) is 0 Å². The van der Waals surface area contributed by atoms with Crippen LogP contribution in [0.25, 0.3) is 0 Å². The second kappa shape index (κ2) is 6.73. The van der Waals surface area contributed by atoms with Gasteiger partial charge in [-0.1, -0.05) is 11.6 Å². The molecule has 0 saturated heterocycles. The molecule has 2 N–H and O–H groups in total. The van der Waals surface area contributed by atoms with Crippen LogP contribution in [-0.4, -0.2) is 18.0 Å². The number of benzene rings is 1. The number of carbonyl (C=O) groups excluding carboxylic acids is 1. The van der Waals surface area contributed by atoms with E-state index >= 15 is 0 Å². The molecule has 3 nitrogen and oxygen atoms in total. The van der Waals surface area contributed by atoms with E-state index in [1.807, 2.05) is 13.0 Å². The van der Waals surface area contributed by atoms with Gasteiger partial charge < -0.3 is 10.6 Å². The van der Waals surface area contributed by atoms with Crippen molar-refractivity contribution in [1.82, 2.24) is 5.32 Å². The molecule has 0 spiro atoms. The number of nitrogens with one attached hydrogen (secondary N) is 2. The molecule has 0 aliphatic carbocycles. The molecule has 0 atom stereocenters. The number of halogens is 2. The zero-order valence-corrected chi connectivity index (χ0v) is 14.1. The van der Waals surface area contributed by atoms with Crippen molar-refractivity contribution < 1.29 is 4.79 Å². The number of carbonyl (C=O) groups is 1. The maximum Gasteiger partial charge on any atom is 0.225 e. The third kappa shape index (κ3) is 5.93. The summed E-state index contributed by atoms with van der Waals surface area (Å²) < 4.78 is 0.839. The standard InChI is InChI=1S/C14H20BrClN2O/c1-9-7-10(15)12(8-11(9)16)18-13(19)5-6-17-14(2,3)4/h7-8,17H,5-6H2,1-4H3,(H,18,19). The largest absolute Gasteiger partial charge is 0.325 e. The van der Waals surface area contributed by atoms with Gasteiger partial charge in [-0.3, -0.25) is 4.79 Å². The molecule has 1 aromatic carbocycles. The lowest BCUT2D eigenvalue weighted by Gasteiger charge is -2.20. The fourth-order valence-electron chi connectivity index (χ4n) is 1.51. The van der Waals surface area contributed by atoms with E-state index in [-0.39, 0.29) is 11.4 Å². The van der Waals surface area contributed by atoms with E-state index in [1.54, 1.807) is 6.07 Å². The number of anilines is 1. The lowest BCUT2D eigenvalue weighted by molar-refractivity contribution is -0.116. The SMILES string of the molecule is Cc1cc(Br)c(NC(=O)CCNC(C)(C)C)cc1Cl. The smallest absolute Gasteiger partial charge is 0.225 e. The highest BCUT2D eigenvalue weighted by atomic mass is 79.9. The highest BCUT2D eigenvalue weighted by molar-refractivity contribution is 9.10. The fourth-order valence-corrected chi connectivity index (χ4v) is 2.23. The van der Waals surface area contributed by atoms with Crippen LogP contribution in [0.5, 0.6) is 0 Å². The van der Waals surface area contributed by atoms with Gasteiger partial charge in [-0.15, -0.1) is 0 Å². The number of rotatable bonds is 4. The van der Waals surface area contributed by atoms with Gasteiger partial charge in [0.05, 0.1) is 5.69 Å². The van der Waals surface area contributed by atoms with Crippen LogP contribution in [0.3, 0.4) is 0 Å². The number of hydrogen-bond donors (Lipinski definition) is 2. The maximum absolute atomic E-state index is 11.8. The first-order chi connectivity index (χ1) is 8.69. The fraction of sp³-hybridized carbons (Fsp3) is 0.500. The summed E-state index contributed by atoms with van der Waals surface area (Å²) in [4.78, 5) is 11.8. The van der Waals surface area contributed by atoms with Gasteiger partial charge in [0.1, 0.15) is 0 Å². The van der Waals surface area contributed by atoms with Crippen molar-refractivity contribution in [2.75, 3.05) is 11.9 Å². The molecule has 0 heterocycles. The number of amides is 1. The quantitative estimate of drug-likeness (QED) is 0.860. The Labute approximate surface area is 128 Å². The topological polar surface area (TPSA) is 41.1 Å². The molecule has 0 aromatic heterocycles. The monoisotopic (exact) mass is 346 g/mol. The first-order valence-electron chi connectivity index (χ1n) is 6.19. The molecule has 5 heteroatoms. The minimum atomic E-state index is -0.0302. The molecular formula is C14H20BrClN2O. The van der Waals surface area contributed by atoms with E-state index in [9.17, 15) is 4.79 Å². The summed E-state index contributed by atoms with van der Waals surface area (Å²) in [6.45, 7) is 8.78. The Morgan fingerprint density at radius 2 is 2.00 bits per heavy atom. The van der Waals surface area contributed by atoms with Gasteiger partial charge >= 0.3 is 0 Å². The molecule has 0 aliphatic heterocycles. The van der Waals surface area contributed by atoms with Crippen LogP contribution in [-0.2, 0) is 4.79 Å². The number of hydrogen-bond acceptors (Lipinski definition) is 2. The van der Waals surface area contributed by atoms with Crippen LogP contribution in [0.15, 0.2) is 16.6 Å². The van der Waals surface area contributed by atoms with Crippen molar-refractivity contribution in [1.29, 1.82) is 0 Å². The van der Waals surface area contributed by atoms with Crippen LogP contribution in [0.1, 0.15) is 32.8 Å². The molecule has 1 rings (SSSR count). The second-order valence-electron chi connectivity index (χ2n) is 5.56. The van der Waals surface area contributed by atoms with E-state index < -0.39 is 0 Å². The van der Waals surface area contributed by atoms with E-state index in [0.717, 1.165) is 10.0 Å². The molecule has 0 aliphatic rings. The van der Waals surface area contributed by atoms with Crippen LogP contribution < -0.4 is 10.6 Å². The summed E-state index contributed by atoms with van der Waals surface area (Å²) in [5, 5.41) is 6.77. The highest BCUT2D eigenvalue weighted by Gasteiger charge is 2.11. The predicted molar refractivity (Wildman–Crippen MR) is 84.9 cm³/mol. The van der Waals surface area contributed by atoms with Crippen molar-refractivity contribution in [2.24, 2.45) is 0 Å². The third-order valence-electron chi connectivity index (χ3n) is 2.53. The summed E-state index contributed by atoms with van der Waals surface area (Å²) in [5.41, 5.74) is 1.70. The first-order valence-corrected chi connectivity index (χ1v) is 7.36. The highest BCUT2D eigenvalue weighted by Crippen LogP contribution is 2.29. The Bertz CT molecular complexity index is 469. The molecule has 0 bridgehead atoms. The molecule has 19 heavy (non-hydrogen) atoms. The Morgan fingerprint density at radius 3 is 2.58 bits per heavy atom. The van der Waals surface area contributed by atoms with Crippen LogP contribution in [0.4, 0.5) is 5.69 Å². The molecule has 106 valence electrons. The first kappa shape index (κ1) is 16.5. The van der Waals surface area contributed by atoms with Gasteiger partial charge in [0, 0.05) is 28.0 Å². The number of aryl methyl sites for hydroxylation is 1. The molecule has 0 unspecified atom stereocenters. The summed E-state index contributed by atoms with van der Waals surface area (Å²) in [6, 6.07) is 3.65. The van der Waals surface area contributed by atoms with Gasteiger partial charge in [-0.25, -0.2) is 0 Å². The third-order valence-corrected chi connectivity index (χ3v) is 3.59. The van der Waals surface area contributed by atoms with Crippen molar-refractivity contribution in [3.8, 4) is 0 Å². The minimum Gasteiger partial charge on any atom is -0.325 e. The summed E-state index contributed by atoms with van der Waals surface area (Å²) in [5.74, 6) is -0.0302. The van der Waals surface area contributed by atoms with Crippen molar-refractivity contribution in [3.05, 3.63) is 27.2 Å². The summed E-state index contributed by atoms with van der Waals surface area (Å²) in [6.07, 6.45) is 0.426. The summed E-state index contributed by atoms with van der Waals surface area (Å²) >= 11 is 9.47. The molecule has 0 saturated carbocycles. The predicted octanol–water partition coefficient (Wildman–Crippen LogP) is 4.13. The maximum atomic E-state index is 11.8. The Hall–Kier alpha value is -0.580.